The molecule has 3 heteroatoms. The minimum Gasteiger partial charge on any atom is -0.342 e. The molecule has 1 saturated carbocycles. The zero-order chi connectivity index (χ0) is 12.1. The van der Waals surface area contributed by atoms with Crippen LogP contribution in [-0.2, 0) is 4.79 Å². The predicted octanol–water partition coefficient (Wildman–Crippen LogP) is 2.17. The lowest BCUT2D eigenvalue weighted by atomic mass is 10.00. The second kappa shape index (κ2) is 6.39. The van der Waals surface area contributed by atoms with Crippen molar-refractivity contribution in [1.29, 1.82) is 0 Å². The van der Waals surface area contributed by atoms with E-state index in [1.54, 1.807) is 0 Å². The van der Waals surface area contributed by atoms with Crippen LogP contribution < -0.4 is 5.32 Å². The lowest BCUT2D eigenvalue weighted by Gasteiger charge is -2.31. The quantitative estimate of drug-likeness (QED) is 0.814. The third kappa shape index (κ3) is 3.98. The van der Waals surface area contributed by atoms with Crippen molar-refractivity contribution >= 4 is 5.91 Å². The molecule has 1 aliphatic carbocycles. The monoisotopic (exact) mass is 238 g/mol. The Morgan fingerprint density at radius 3 is 2.71 bits per heavy atom. The molecule has 1 N–H and O–H groups in total. The first-order valence-electron chi connectivity index (χ1n) is 7.27. The number of carbonyl (C=O) groups is 1. The molecular formula is C14H26N2O. The topological polar surface area (TPSA) is 32.3 Å². The van der Waals surface area contributed by atoms with E-state index < -0.39 is 0 Å². The van der Waals surface area contributed by atoms with E-state index >= 15 is 0 Å². The van der Waals surface area contributed by atoms with Gasteiger partial charge in [-0.2, -0.15) is 0 Å². The molecule has 1 unspecified atom stereocenters. The van der Waals surface area contributed by atoms with Gasteiger partial charge in [0.25, 0.3) is 0 Å². The lowest BCUT2D eigenvalue weighted by Crippen LogP contribution is -2.40. The molecule has 17 heavy (non-hydrogen) atoms. The number of rotatable bonds is 4. The summed E-state index contributed by atoms with van der Waals surface area (Å²) in [6, 6.07) is 0.683. The zero-order valence-electron chi connectivity index (χ0n) is 11.1. The van der Waals surface area contributed by atoms with Crippen LogP contribution in [-0.4, -0.2) is 36.5 Å². The maximum atomic E-state index is 12.0. The van der Waals surface area contributed by atoms with E-state index in [0.717, 1.165) is 19.6 Å². The molecule has 1 amide bonds. The molecule has 0 radical (unpaired) electrons. The molecule has 1 aliphatic heterocycles. The van der Waals surface area contributed by atoms with Crippen molar-refractivity contribution in [2.24, 2.45) is 5.92 Å². The van der Waals surface area contributed by atoms with Gasteiger partial charge in [0.15, 0.2) is 0 Å². The fourth-order valence-electron chi connectivity index (χ4n) is 3.09. The highest BCUT2D eigenvalue weighted by atomic mass is 16.2. The Bertz CT molecular complexity index is 249. The molecule has 1 saturated heterocycles. The Hall–Kier alpha value is -0.570. The van der Waals surface area contributed by atoms with E-state index in [4.69, 9.17) is 0 Å². The van der Waals surface area contributed by atoms with E-state index in [-0.39, 0.29) is 0 Å². The standard InChI is InChI=1S/C14H26N2O/c1-12-5-4-10-16(11-12)14(17)8-9-15-13-6-2-3-7-13/h12-13,15H,2-11H2,1H3. The molecular weight excluding hydrogens is 212 g/mol. The summed E-state index contributed by atoms with van der Waals surface area (Å²) in [6.07, 6.45) is 8.46. The Kier molecular flexibility index (Phi) is 4.84. The Morgan fingerprint density at radius 1 is 1.24 bits per heavy atom. The van der Waals surface area contributed by atoms with Crippen molar-refractivity contribution in [3.8, 4) is 0 Å². The summed E-state index contributed by atoms with van der Waals surface area (Å²) in [7, 11) is 0. The van der Waals surface area contributed by atoms with Gasteiger partial charge < -0.3 is 10.2 Å². The van der Waals surface area contributed by atoms with Crippen molar-refractivity contribution in [3.63, 3.8) is 0 Å². The largest absolute Gasteiger partial charge is 0.342 e. The molecule has 1 atom stereocenters. The highest BCUT2D eigenvalue weighted by Gasteiger charge is 2.21. The molecule has 2 fully saturated rings. The van der Waals surface area contributed by atoms with Gasteiger partial charge in [0.1, 0.15) is 0 Å². The molecule has 0 aromatic heterocycles. The van der Waals surface area contributed by atoms with Gasteiger partial charge in [-0.1, -0.05) is 19.8 Å². The van der Waals surface area contributed by atoms with Crippen molar-refractivity contribution < 1.29 is 4.79 Å². The maximum absolute atomic E-state index is 12.0. The number of amides is 1. The summed E-state index contributed by atoms with van der Waals surface area (Å²) in [6.45, 7) is 5.07. The number of likely N-dealkylation sites (tertiary alicyclic amines) is 1. The van der Waals surface area contributed by atoms with Crippen LogP contribution in [0.1, 0.15) is 51.9 Å². The van der Waals surface area contributed by atoms with Gasteiger partial charge in [0, 0.05) is 32.1 Å². The summed E-state index contributed by atoms with van der Waals surface area (Å²) >= 11 is 0. The molecule has 1 heterocycles. The molecule has 0 aromatic rings. The first kappa shape index (κ1) is 12.9. The zero-order valence-corrected chi connectivity index (χ0v) is 11.1. The molecule has 0 spiro atoms. The highest BCUT2D eigenvalue weighted by molar-refractivity contribution is 5.76. The predicted molar refractivity (Wildman–Crippen MR) is 69.9 cm³/mol. The molecule has 2 aliphatic rings. The average molecular weight is 238 g/mol. The molecule has 0 bridgehead atoms. The SMILES string of the molecule is CC1CCCN(C(=O)CCNC2CCCC2)C1. The Labute approximate surface area is 105 Å². The number of nitrogens with zero attached hydrogens (tertiary/aromatic N) is 1. The van der Waals surface area contributed by atoms with E-state index in [2.05, 4.69) is 17.1 Å². The van der Waals surface area contributed by atoms with Gasteiger partial charge in [-0.05, 0) is 31.6 Å². The lowest BCUT2D eigenvalue weighted by molar-refractivity contribution is -0.132. The minimum absolute atomic E-state index is 0.349. The van der Waals surface area contributed by atoms with Crippen LogP contribution in [0.4, 0.5) is 0 Å². The summed E-state index contributed by atoms with van der Waals surface area (Å²) in [5.74, 6) is 1.04. The summed E-state index contributed by atoms with van der Waals surface area (Å²) in [4.78, 5) is 14.1. The van der Waals surface area contributed by atoms with Crippen LogP contribution in [0.15, 0.2) is 0 Å². The van der Waals surface area contributed by atoms with Crippen LogP contribution in [0.2, 0.25) is 0 Å². The first-order chi connectivity index (χ1) is 8.25. The van der Waals surface area contributed by atoms with Crippen LogP contribution in [0.5, 0.6) is 0 Å². The van der Waals surface area contributed by atoms with Gasteiger partial charge in [-0.3, -0.25) is 4.79 Å². The van der Waals surface area contributed by atoms with Gasteiger partial charge in [0.05, 0.1) is 0 Å². The van der Waals surface area contributed by atoms with Gasteiger partial charge >= 0.3 is 0 Å². The number of nitrogens with one attached hydrogen (secondary N) is 1. The van der Waals surface area contributed by atoms with Gasteiger partial charge in [-0.15, -0.1) is 0 Å². The highest BCUT2D eigenvalue weighted by Crippen LogP contribution is 2.18. The maximum Gasteiger partial charge on any atom is 0.223 e. The van der Waals surface area contributed by atoms with Gasteiger partial charge in [0.2, 0.25) is 5.91 Å². The second-order valence-electron chi connectivity index (χ2n) is 5.77. The molecule has 2 rings (SSSR count). The molecule has 3 nitrogen and oxygen atoms in total. The van der Waals surface area contributed by atoms with Crippen molar-refractivity contribution in [3.05, 3.63) is 0 Å². The smallest absolute Gasteiger partial charge is 0.223 e. The van der Waals surface area contributed by atoms with Crippen molar-refractivity contribution in [2.75, 3.05) is 19.6 Å². The fraction of sp³-hybridized carbons (Fsp3) is 0.929. The van der Waals surface area contributed by atoms with E-state index in [0.29, 0.717) is 24.3 Å². The van der Waals surface area contributed by atoms with E-state index in [1.807, 2.05) is 0 Å². The summed E-state index contributed by atoms with van der Waals surface area (Å²) in [5, 5.41) is 3.52. The third-order valence-corrected chi connectivity index (χ3v) is 4.14. The van der Waals surface area contributed by atoms with E-state index in [9.17, 15) is 4.79 Å². The number of hydrogen-bond acceptors (Lipinski definition) is 2. The number of piperidine rings is 1. The van der Waals surface area contributed by atoms with Crippen LogP contribution >= 0.6 is 0 Å². The van der Waals surface area contributed by atoms with Crippen LogP contribution in [0, 0.1) is 5.92 Å². The summed E-state index contributed by atoms with van der Waals surface area (Å²) < 4.78 is 0. The first-order valence-corrected chi connectivity index (χ1v) is 7.27. The average Bonchev–Trinajstić information content (AvgIpc) is 2.82. The van der Waals surface area contributed by atoms with E-state index in [1.165, 1.54) is 38.5 Å². The number of hydrogen-bond donors (Lipinski definition) is 1. The number of carbonyl (C=O) groups excluding carboxylic acids is 1. The Morgan fingerprint density at radius 2 is 2.00 bits per heavy atom. The van der Waals surface area contributed by atoms with Gasteiger partial charge in [-0.25, -0.2) is 0 Å². The molecule has 0 aromatic carbocycles. The molecule has 98 valence electrons. The third-order valence-electron chi connectivity index (χ3n) is 4.14. The van der Waals surface area contributed by atoms with Crippen molar-refractivity contribution in [2.45, 2.75) is 57.9 Å². The normalized spacial score (nSPS) is 26.4. The summed E-state index contributed by atoms with van der Waals surface area (Å²) in [5.41, 5.74) is 0. The second-order valence-corrected chi connectivity index (χ2v) is 5.77. The minimum atomic E-state index is 0.349. The van der Waals surface area contributed by atoms with Crippen LogP contribution in [0.3, 0.4) is 0 Å². The van der Waals surface area contributed by atoms with Crippen LogP contribution in [0.25, 0.3) is 0 Å². The Balaban J connectivity index is 1.62. The fourth-order valence-corrected chi connectivity index (χ4v) is 3.09. The van der Waals surface area contributed by atoms with Crippen molar-refractivity contribution in [1.82, 2.24) is 10.2 Å².